The van der Waals surface area contributed by atoms with Gasteiger partial charge in [-0.2, -0.15) is 0 Å². The lowest BCUT2D eigenvalue weighted by Crippen LogP contribution is -2.16. The van der Waals surface area contributed by atoms with Gasteiger partial charge in [0.15, 0.2) is 0 Å². The fourth-order valence-electron chi connectivity index (χ4n) is 2.59. The Kier molecular flexibility index (Phi) is 5.22. The van der Waals surface area contributed by atoms with E-state index < -0.39 is 0 Å². The molecule has 0 atom stereocenters. The van der Waals surface area contributed by atoms with Gasteiger partial charge in [0, 0.05) is 30.3 Å². The lowest BCUT2D eigenvalue weighted by atomic mass is 10.1. The molecule has 1 amide bonds. The standard InChI is InChI=1S/C20H21N5O/c1-13-4-5-17(14(2)10-13)24-19(26)18-11-15(3)23-20(25-18)22-12-16-6-8-21-9-7-16/h4-11H,12H2,1-3H3,(H,24,26)(H,22,23,25). The molecule has 0 fully saturated rings. The predicted octanol–water partition coefficient (Wildman–Crippen LogP) is 3.66. The first-order chi connectivity index (χ1) is 12.5. The number of carbonyl (C=O) groups is 1. The van der Waals surface area contributed by atoms with E-state index in [0.717, 1.165) is 28.1 Å². The van der Waals surface area contributed by atoms with Crippen LogP contribution in [0.2, 0.25) is 0 Å². The third-order valence-corrected chi connectivity index (χ3v) is 3.92. The number of nitrogens with zero attached hydrogens (tertiary/aromatic N) is 3. The van der Waals surface area contributed by atoms with Crippen LogP contribution in [0.1, 0.15) is 32.9 Å². The zero-order valence-electron chi connectivity index (χ0n) is 15.1. The number of hydrogen-bond acceptors (Lipinski definition) is 5. The molecule has 3 aromatic rings. The SMILES string of the molecule is Cc1ccc(NC(=O)c2cc(C)nc(NCc3ccncc3)n2)c(C)c1. The summed E-state index contributed by atoms with van der Waals surface area (Å²) in [6.07, 6.45) is 3.47. The molecule has 0 aliphatic heterocycles. The molecule has 2 N–H and O–H groups in total. The zero-order valence-corrected chi connectivity index (χ0v) is 15.1. The van der Waals surface area contributed by atoms with Crippen LogP contribution >= 0.6 is 0 Å². The first-order valence-corrected chi connectivity index (χ1v) is 8.38. The maximum absolute atomic E-state index is 12.6. The zero-order chi connectivity index (χ0) is 18.5. The number of carbonyl (C=O) groups excluding carboxylic acids is 1. The normalized spacial score (nSPS) is 10.4. The molecule has 6 heteroatoms. The molecule has 0 radical (unpaired) electrons. The monoisotopic (exact) mass is 347 g/mol. The summed E-state index contributed by atoms with van der Waals surface area (Å²) in [4.78, 5) is 25.3. The minimum absolute atomic E-state index is 0.255. The van der Waals surface area contributed by atoms with Crippen LogP contribution in [0.5, 0.6) is 0 Å². The first kappa shape index (κ1) is 17.5. The van der Waals surface area contributed by atoms with Gasteiger partial charge in [0.1, 0.15) is 5.69 Å². The average molecular weight is 347 g/mol. The lowest BCUT2D eigenvalue weighted by Gasteiger charge is -2.11. The second kappa shape index (κ2) is 7.74. The van der Waals surface area contributed by atoms with Crippen molar-refractivity contribution in [2.45, 2.75) is 27.3 Å². The molecule has 3 rings (SSSR count). The van der Waals surface area contributed by atoms with Crippen LogP contribution < -0.4 is 10.6 Å². The van der Waals surface area contributed by atoms with Gasteiger partial charge >= 0.3 is 0 Å². The third kappa shape index (κ3) is 4.42. The van der Waals surface area contributed by atoms with Crippen LogP contribution in [0, 0.1) is 20.8 Å². The minimum atomic E-state index is -0.255. The van der Waals surface area contributed by atoms with Gasteiger partial charge in [0.05, 0.1) is 0 Å². The number of anilines is 2. The van der Waals surface area contributed by atoms with Crippen molar-refractivity contribution >= 4 is 17.5 Å². The number of aromatic nitrogens is 3. The topological polar surface area (TPSA) is 79.8 Å². The largest absolute Gasteiger partial charge is 0.350 e. The Morgan fingerprint density at radius 1 is 1.00 bits per heavy atom. The molecule has 0 spiro atoms. The predicted molar refractivity (Wildman–Crippen MR) is 102 cm³/mol. The van der Waals surface area contributed by atoms with Crippen molar-refractivity contribution in [2.24, 2.45) is 0 Å². The number of amides is 1. The van der Waals surface area contributed by atoms with Crippen LogP contribution in [0.25, 0.3) is 0 Å². The van der Waals surface area contributed by atoms with E-state index in [2.05, 4.69) is 25.6 Å². The van der Waals surface area contributed by atoms with E-state index in [9.17, 15) is 4.79 Å². The summed E-state index contributed by atoms with van der Waals surface area (Å²) >= 11 is 0. The van der Waals surface area contributed by atoms with Crippen molar-refractivity contribution < 1.29 is 4.79 Å². The van der Waals surface area contributed by atoms with Gasteiger partial charge < -0.3 is 10.6 Å². The maximum atomic E-state index is 12.6. The molecule has 0 saturated heterocycles. The van der Waals surface area contributed by atoms with Crippen LogP contribution in [-0.2, 0) is 6.54 Å². The van der Waals surface area contributed by atoms with Crippen molar-refractivity contribution in [1.29, 1.82) is 0 Å². The lowest BCUT2D eigenvalue weighted by molar-refractivity contribution is 0.102. The van der Waals surface area contributed by atoms with Crippen molar-refractivity contribution in [2.75, 3.05) is 10.6 Å². The van der Waals surface area contributed by atoms with Crippen LogP contribution in [0.3, 0.4) is 0 Å². The first-order valence-electron chi connectivity index (χ1n) is 8.38. The van der Waals surface area contributed by atoms with E-state index >= 15 is 0 Å². The summed E-state index contributed by atoms with van der Waals surface area (Å²) in [5.41, 5.74) is 5.06. The molecule has 26 heavy (non-hydrogen) atoms. The summed E-state index contributed by atoms with van der Waals surface area (Å²) in [7, 11) is 0. The van der Waals surface area contributed by atoms with Gasteiger partial charge in [-0.25, -0.2) is 9.97 Å². The highest BCUT2D eigenvalue weighted by molar-refractivity contribution is 6.03. The van der Waals surface area contributed by atoms with Crippen LogP contribution in [0.4, 0.5) is 11.6 Å². The van der Waals surface area contributed by atoms with Crippen LogP contribution in [0.15, 0.2) is 48.8 Å². The number of rotatable bonds is 5. The smallest absolute Gasteiger partial charge is 0.274 e. The Hall–Kier alpha value is -3.28. The highest BCUT2D eigenvalue weighted by Crippen LogP contribution is 2.17. The third-order valence-electron chi connectivity index (χ3n) is 3.92. The van der Waals surface area contributed by atoms with Crippen molar-refractivity contribution in [1.82, 2.24) is 15.0 Å². The van der Waals surface area contributed by atoms with E-state index in [1.165, 1.54) is 0 Å². The fourth-order valence-corrected chi connectivity index (χ4v) is 2.59. The summed E-state index contributed by atoms with van der Waals surface area (Å²) in [5.74, 6) is 0.169. The molecule has 0 saturated carbocycles. The molecule has 0 aliphatic carbocycles. The number of nitrogens with one attached hydrogen (secondary N) is 2. The molecule has 2 aromatic heterocycles. The van der Waals surface area contributed by atoms with Gasteiger partial charge in [-0.1, -0.05) is 17.7 Å². The van der Waals surface area contributed by atoms with Crippen molar-refractivity contribution in [3.05, 3.63) is 76.9 Å². The Balaban J connectivity index is 1.75. The van der Waals surface area contributed by atoms with Gasteiger partial charge in [0.2, 0.25) is 5.95 Å². The summed E-state index contributed by atoms with van der Waals surface area (Å²) in [5, 5.41) is 6.07. The molecule has 1 aromatic carbocycles. The van der Waals surface area contributed by atoms with Gasteiger partial charge in [0.25, 0.3) is 5.91 Å². The fraction of sp³-hybridized carbons (Fsp3) is 0.200. The second-order valence-electron chi connectivity index (χ2n) is 6.20. The van der Waals surface area contributed by atoms with E-state index in [1.807, 2.05) is 51.1 Å². The minimum Gasteiger partial charge on any atom is -0.350 e. The van der Waals surface area contributed by atoms with Crippen LogP contribution in [-0.4, -0.2) is 20.9 Å². The molecular formula is C20H21N5O. The molecular weight excluding hydrogens is 326 g/mol. The molecule has 2 heterocycles. The van der Waals surface area contributed by atoms with Gasteiger partial charge in [-0.3, -0.25) is 9.78 Å². The summed E-state index contributed by atoms with van der Waals surface area (Å²) < 4.78 is 0. The summed E-state index contributed by atoms with van der Waals surface area (Å²) in [6.45, 7) is 6.39. The number of pyridine rings is 1. The summed E-state index contributed by atoms with van der Waals surface area (Å²) in [6, 6.07) is 11.4. The number of benzene rings is 1. The van der Waals surface area contributed by atoms with Crippen molar-refractivity contribution in [3.8, 4) is 0 Å². The molecule has 0 aliphatic rings. The Morgan fingerprint density at radius 3 is 2.50 bits per heavy atom. The highest BCUT2D eigenvalue weighted by atomic mass is 16.1. The van der Waals surface area contributed by atoms with E-state index in [-0.39, 0.29) is 5.91 Å². The number of hydrogen-bond donors (Lipinski definition) is 2. The van der Waals surface area contributed by atoms with E-state index in [0.29, 0.717) is 18.2 Å². The van der Waals surface area contributed by atoms with Crippen molar-refractivity contribution in [3.63, 3.8) is 0 Å². The Labute approximate surface area is 152 Å². The molecule has 0 unspecified atom stereocenters. The average Bonchev–Trinajstić information content (AvgIpc) is 2.63. The Bertz CT molecular complexity index is 925. The number of aryl methyl sites for hydroxylation is 3. The second-order valence-corrected chi connectivity index (χ2v) is 6.20. The van der Waals surface area contributed by atoms with Gasteiger partial charge in [-0.05, 0) is 56.2 Å². The quantitative estimate of drug-likeness (QED) is 0.736. The van der Waals surface area contributed by atoms with Gasteiger partial charge in [-0.15, -0.1) is 0 Å². The molecule has 0 bridgehead atoms. The Morgan fingerprint density at radius 2 is 1.77 bits per heavy atom. The van der Waals surface area contributed by atoms with E-state index in [4.69, 9.17) is 0 Å². The molecule has 6 nitrogen and oxygen atoms in total. The maximum Gasteiger partial charge on any atom is 0.274 e. The highest BCUT2D eigenvalue weighted by Gasteiger charge is 2.12. The van der Waals surface area contributed by atoms with E-state index in [1.54, 1.807) is 18.5 Å². The molecule has 132 valence electrons.